The molecular formula is C12H16F2N2. The molecule has 0 aliphatic heterocycles. The summed E-state index contributed by atoms with van der Waals surface area (Å²) in [6.45, 7) is 5.50. The molecule has 0 fully saturated rings. The van der Waals surface area contributed by atoms with Crippen molar-refractivity contribution in [1.82, 2.24) is 0 Å². The first-order chi connectivity index (χ1) is 7.46. The van der Waals surface area contributed by atoms with Crippen molar-refractivity contribution in [2.45, 2.75) is 18.8 Å². The number of nitrogen functional groups attached to an aromatic ring is 1. The first-order valence-electron chi connectivity index (χ1n) is 5.01. The first kappa shape index (κ1) is 12.6. The van der Waals surface area contributed by atoms with E-state index in [4.69, 9.17) is 11.5 Å². The number of hydrogen-bond acceptors (Lipinski definition) is 2. The van der Waals surface area contributed by atoms with Gasteiger partial charge in [0.1, 0.15) is 0 Å². The number of nitrogens with two attached hydrogens (primary N) is 2. The molecule has 1 aromatic carbocycles. The molecule has 0 spiro atoms. The summed E-state index contributed by atoms with van der Waals surface area (Å²) < 4.78 is 26.9. The SMILES string of the molecule is C=CCC(C)(CN)c1c(N)ccc(F)c1F. The van der Waals surface area contributed by atoms with Gasteiger partial charge in [-0.15, -0.1) is 6.58 Å². The lowest BCUT2D eigenvalue weighted by Crippen LogP contribution is -2.33. The molecule has 0 bridgehead atoms. The summed E-state index contributed by atoms with van der Waals surface area (Å²) in [5, 5.41) is 0. The molecule has 4 N–H and O–H groups in total. The number of benzene rings is 1. The van der Waals surface area contributed by atoms with Crippen molar-refractivity contribution in [3.8, 4) is 0 Å². The van der Waals surface area contributed by atoms with E-state index in [2.05, 4.69) is 6.58 Å². The van der Waals surface area contributed by atoms with Crippen molar-refractivity contribution in [1.29, 1.82) is 0 Å². The number of allylic oxidation sites excluding steroid dienone is 1. The Bertz CT molecular complexity index is 404. The van der Waals surface area contributed by atoms with E-state index in [9.17, 15) is 8.78 Å². The third kappa shape index (κ3) is 2.07. The summed E-state index contributed by atoms with van der Waals surface area (Å²) in [7, 11) is 0. The minimum absolute atomic E-state index is 0.134. The van der Waals surface area contributed by atoms with E-state index in [0.29, 0.717) is 6.42 Å². The molecule has 88 valence electrons. The molecule has 1 aromatic rings. The van der Waals surface area contributed by atoms with Crippen molar-refractivity contribution in [2.24, 2.45) is 5.73 Å². The third-order valence-corrected chi connectivity index (χ3v) is 2.78. The lowest BCUT2D eigenvalue weighted by molar-refractivity contribution is 0.432. The number of anilines is 1. The van der Waals surface area contributed by atoms with Gasteiger partial charge < -0.3 is 11.5 Å². The van der Waals surface area contributed by atoms with E-state index in [1.54, 1.807) is 13.0 Å². The van der Waals surface area contributed by atoms with Gasteiger partial charge in [0, 0.05) is 23.2 Å². The van der Waals surface area contributed by atoms with Gasteiger partial charge >= 0.3 is 0 Å². The largest absolute Gasteiger partial charge is 0.398 e. The van der Waals surface area contributed by atoms with Crippen LogP contribution in [0.5, 0.6) is 0 Å². The van der Waals surface area contributed by atoms with Gasteiger partial charge in [-0.3, -0.25) is 0 Å². The summed E-state index contributed by atoms with van der Waals surface area (Å²) in [5.74, 6) is -1.83. The maximum Gasteiger partial charge on any atom is 0.164 e. The third-order valence-electron chi connectivity index (χ3n) is 2.78. The Balaban J connectivity index is 3.40. The highest BCUT2D eigenvalue weighted by Gasteiger charge is 2.30. The normalized spacial score (nSPS) is 14.5. The van der Waals surface area contributed by atoms with E-state index in [1.807, 2.05) is 0 Å². The number of rotatable bonds is 4. The Labute approximate surface area is 93.9 Å². The Kier molecular flexibility index (Phi) is 3.65. The Morgan fingerprint density at radius 3 is 2.56 bits per heavy atom. The molecule has 0 radical (unpaired) electrons. The van der Waals surface area contributed by atoms with Crippen molar-refractivity contribution in [3.63, 3.8) is 0 Å². The monoisotopic (exact) mass is 226 g/mol. The minimum Gasteiger partial charge on any atom is -0.398 e. The first-order valence-corrected chi connectivity index (χ1v) is 5.01. The second-order valence-electron chi connectivity index (χ2n) is 4.08. The maximum absolute atomic E-state index is 13.7. The minimum atomic E-state index is -0.921. The van der Waals surface area contributed by atoms with Gasteiger partial charge in [-0.25, -0.2) is 8.78 Å². The van der Waals surface area contributed by atoms with Crippen molar-refractivity contribution in [2.75, 3.05) is 12.3 Å². The summed E-state index contributed by atoms with van der Waals surface area (Å²) in [5.41, 5.74) is 10.9. The maximum atomic E-state index is 13.7. The fourth-order valence-electron chi connectivity index (χ4n) is 1.79. The quantitative estimate of drug-likeness (QED) is 0.611. The van der Waals surface area contributed by atoms with Gasteiger partial charge in [-0.1, -0.05) is 13.0 Å². The highest BCUT2D eigenvalue weighted by Crippen LogP contribution is 2.34. The lowest BCUT2D eigenvalue weighted by Gasteiger charge is -2.29. The standard InChI is InChI=1S/C12H16F2N2/c1-3-6-12(2,7-15)10-9(16)5-4-8(13)11(10)14/h3-5H,1,6-7,15-16H2,2H3. The second kappa shape index (κ2) is 4.61. The van der Waals surface area contributed by atoms with Gasteiger partial charge in [-0.2, -0.15) is 0 Å². The highest BCUT2D eigenvalue weighted by atomic mass is 19.2. The van der Waals surface area contributed by atoms with Gasteiger partial charge in [0.2, 0.25) is 0 Å². The van der Waals surface area contributed by atoms with Crippen LogP contribution >= 0.6 is 0 Å². The molecule has 0 aromatic heterocycles. The van der Waals surface area contributed by atoms with E-state index >= 15 is 0 Å². The molecule has 0 heterocycles. The predicted molar refractivity (Wildman–Crippen MR) is 62.0 cm³/mol. The summed E-state index contributed by atoms with van der Waals surface area (Å²) >= 11 is 0. The van der Waals surface area contributed by atoms with Crippen molar-refractivity contribution in [3.05, 3.63) is 42.0 Å². The van der Waals surface area contributed by atoms with Gasteiger partial charge in [-0.05, 0) is 18.6 Å². The van der Waals surface area contributed by atoms with Gasteiger partial charge in [0.25, 0.3) is 0 Å². The topological polar surface area (TPSA) is 52.0 Å². The van der Waals surface area contributed by atoms with Crippen molar-refractivity contribution < 1.29 is 8.78 Å². The zero-order valence-electron chi connectivity index (χ0n) is 9.26. The van der Waals surface area contributed by atoms with Crippen LogP contribution in [0.2, 0.25) is 0 Å². The Hall–Kier alpha value is -1.42. The number of hydrogen-bond donors (Lipinski definition) is 2. The van der Waals surface area contributed by atoms with Crippen LogP contribution in [-0.2, 0) is 5.41 Å². The van der Waals surface area contributed by atoms with Crippen LogP contribution in [0.25, 0.3) is 0 Å². The molecule has 16 heavy (non-hydrogen) atoms. The highest BCUT2D eigenvalue weighted by molar-refractivity contribution is 5.52. The molecule has 0 amide bonds. The second-order valence-corrected chi connectivity index (χ2v) is 4.08. The molecule has 0 saturated heterocycles. The molecule has 1 unspecified atom stereocenters. The zero-order chi connectivity index (χ0) is 12.3. The summed E-state index contributed by atoms with van der Waals surface area (Å²) in [6, 6.07) is 2.36. The van der Waals surface area contributed by atoms with Crippen LogP contribution in [0.15, 0.2) is 24.8 Å². The van der Waals surface area contributed by atoms with Crippen molar-refractivity contribution >= 4 is 5.69 Å². The smallest absolute Gasteiger partial charge is 0.164 e. The molecule has 0 aliphatic rings. The van der Waals surface area contributed by atoms with Crippen LogP contribution in [-0.4, -0.2) is 6.54 Å². The molecule has 4 heteroatoms. The van der Waals surface area contributed by atoms with Crippen LogP contribution in [0, 0.1) is 11.6 Å². The van der Waals surface area contributed by atoms with Crippen LogP contribution < -0.4 is 11.5 Å². The Morgan fingerprint density at radius 1 is 1.44 bits per heavy atom. The van der Waals surface area contributed by atoms with E-state index in [1.165, 1.54) is 6.07 Å². The predicted octanol–water partition coefficient (Wildman–Crippen LogP) is 2.34. The molecule has 2 nitrogen and oxygen atoms in total. The van der Waals surface area contributed by atoms with Crippen LogP contribution in [0.4, 0.5) is 14.5 Å². The van der Waals surface area contributed by atoms with Crippen LogP contribution in [0.1, 0.15) is 18.9 Å². The van der Waals surface area contributed by atoms with Gasteiger partial charge in [0.15, 0.2) is 11.6 Å². The zero-order valence-corrected chi connectivity index (χ0v) is 9.26. The Morgan fingerprint density at radius 2 is 2.06 bits per heavy atom. The fraction of sp³-hybridized carbons (Fsp3) is 0.333. The molecular weight excluding hydrogens is 210 g/mol. The van der Waals surface area contributed by atoms with E-state index in [-0.39, 0.29) is 17.8 Å². The molecule has 1 atom stereocenters. The molecule has 0 saturated carbocycles. The fourth-order valence-corrected chi connectivity index (χ4v) is 1.79. The number of halogens is 2. The lowest BCUT2D eigenvalue weighted by atomic mass is 9.78. The summed E-state index contributed by atoms with van der Waals surface area (Å²) in [4.78, 5) is 0. The molecule has 0 aliphatic carbocycles. The van der Waals surface area contributed by atoms with Crippen LogP contribution in [0.3, 0.4) is 0 Å². The van der Waals surface area contributed by atoms with E-state index < -0.39 is 17.0 Å². The van der Waals surface area contributed by atoms with E-state index in [0.717, 1.165) is 6.07 Å². The average molecular weight is 226 g/mol. The van der Waals surface area contributed by atoms with Gasteiger partial charge in [0.05, 0.1) is 0 Å². The average Bonchev–Trinajstić information content (AvgIpc) is 2.24. The molecule has 1 rings (SSSR count). The summed E-state index contributed by atoms with van der Waals surface area (Å²) in [6.07, 6.45) is 2.06.